The van der Waals surface area contributed by atoms with Gasteiger partial charge in [0.25, 0.3) is 5.89 Å². The van der Waals surface area contributed by atoms with Crippen LogP contribution in [0.3, 0.4) is 0 Å². The van der Waals surface area contributed by atoms with Crippen LogP contribution in [0.5, 0.6) is 0 Å². The van der Waals surface area contributed by atoms with Gasteiger partial charge in [0.2, 0.25) is 0 Å². The van der Waals surface area contributed by atoms with Crippen molar-refractivity contribution in [2.75, 3.05) is 0 Å². The Kier molecular flexibility index (Phi) is 3.69. The van der Waals surface area contributed by atoms with Crippen molar-refractivity contribution in [3.05, 3.63) is 11.7 Å². The summed E-state index contributed by atoms with van der Waals surface area (Å²) in [5.74, 6) is 6.70. The van der Waals surface area contributed by atoms with Gasteiger partial charge < -0.3 is 4.52 Å². The smallest absolute Gasteiger partial charge is 0.254 e. The highest BCUT2D eigenvalue weighted by molar-refractivity contribution is 4.95. The van der Waals surface area contributed by atoms with Crippen molar-refractivity contribution >= 4 is 0 Å². The molecule has 0 atom stereocenters. The molecule has 5 nitrogen and oxygen atoms in total. The van der Waals surface area contributed by atoms with E-state index in [9.17, 15) is 0 Å². The summed E-state index contributed by atoms with van der Waals surface area (Å²) in [5.41, 5.74) is 0. The average molecular weight is 211 g/mol. The third kappa shape index (κ3) is 2.76. The molecule has 1 aromatic heterocycles. The van der Waals surface area contributed by atoms with Crippen LogP contribution in [0.25, 0.3) is 0 Å². The van der Waals surface area contributed by atoms with Gasteiger partial charge in [0, 0.05) is 5.92 Å². The van der Waals surface area contributed by atoms with E-state index in [-0.39, 0.29) is 6.61 Å². The molecule has 0 aliphatic heterocycles. The van der Waals surface area contributed by atoms with Crippen LogP contribution in [-0.2, 0) is 11.4 Å². The summed E-state index contributed by atoms with van der Waals surface area (Å²) in [4.78, 5) is 8.74. The Balaban J connectivity index is 2.00. The van der Waals surface area contributed by atoms with Gasteiger partial charge in [-0.2, -0.15) is 4.98 Å². The highest BCUT2D eigenvalue weighted by Gasteiger charge is 2.19. The number of hydrogen-bond acceptors (Lipinski definition) is 5. The van der Waals surface area contributed by atoms with Crippen molar-refractivity contribution < 1.29 is 9.36 Å². The summed E-state index contributed by atoms with van der Waals surface area (Å²) in [5, 5.41) is 3.98. The van der Waals surface area contributed by atoms with Crippen LogP contribution in [0.2, 0.25) is 0 Å². The second kappa shape index (κ2) is 5.23. The summed E-state index contributed by atoms with van der Waals surface area (Å²) >= 11 is 0. The number of nitrogens with two attached hydrogens (primary N) is 1. The number of aromatic nitrogens is 2. The van der Waals surface area contributed by atoms with Gasteiger partial charge >= 0.3 is 0 Å². The van der Waals surface area contributed by atoms with E-state index in [4.69, 9.17) is 10.4 Å². The van der Waals surface area contributed by atoms with E-state index in [1.807, 2.05) is 0 Å². The first-order chi connectivity index (χ1) is 7.40. The Morgan fingerprint density at radius 2 is 2.00 bits per heavy atom. The molecule has 2 N–H and O–H groups in total. The van der Waals surface area contributed by atoms with Crippen LogP contribution in [0.4, 0.5) is 0 Å². The van der Waals surface area contributed by atoms with Crippen LogP contribution in [0.1, 0.15) is 56.2 Å². The number of hydrogen-bond donors (Lipinski definition) is 1. The van der Waals surface area contributed by atoms with Gasteiger partial charge in [0.15, 0.2) is 5.82 Å². The summed E-state index contributed by atoms with van der Waals surface area (Å²) in [6, 6.07) is 0. The van der Waals surface area contributed by atoms with Crippen LogP contribution in [-0.4, -0.2) is 10.1 Å². The summed E-state index contributed by atoms with van der Waals surface area (Å²) in [6.45, 7) is 0.194. The zero-order valence-corrected chi connectivity index (χ0v) is 8.82. The maximum atomic E-state index is 5.03. The highest BCUT2D eigenvalue weighted by Crippen LogP contribution is 2.29. The van der Waals surface area contributed by atoms with Crippen molar-refractivity contribution in [1.29, 1.82) is 0 Å². The first kappa shape index (κ1) is 10.6. The zero-order valence-electron chi connectivity index (χ0n) is 8.82. The predicted molar refractivity (Wildman–Crippen MR) is 53.7 cm³/mol. The van der Waals surface area contributed by atoms with Gasteiger partial charge in [-0.05, 0) is 12.8 Å². The predicted octanol–water partition coefficient (Wildman–Crippen LogP) is 1.90. The van der Waals surface area contributed by atoms with Crippen LogP contribution >= 0.6 is 0 Å². The standard InChI is InChI=1S/C10H17N3O2/c11-14-7-9-12-10(13-15-9)8-5-3-1-2-4-6-8/h8H,1-7,11H2. The lowest BCUT2D eigenvalue weighted by atomic mass is 10.00. The van der Waals surface area contributed by atoms with E-state index in [0.29, 0.717) is 11.8 Å². The molecule has 0 radical (unpaired) electrons. The Bertz CT molecular complexity index is 293. The average Bonchev–Trinajstić information content (AvgIpc) is 2.53. The van der Waals surface area contributed by atoms with Crippen LogP contribution in [0.15, 0.2) is 4.52 Å². The molecule has 2 rings (SSSR count). The van der Waals surface area contributed by atoms with Crippen molar-refractivity contribution in [3.63, 3.8) is 0 Å². The van der Waals surface area contributed by atoms with Crippen molar-refractivity contribution in [1.82, 2.24) is 10.1 Å². The molecule has 1 fully saturated rings. The van der Waals surface area contributed by atoms with Gasteiger partial charge in [0.1, 0.15) is 6.61 Å². The molecule has 0 spiro atoms. The molecular formula is C10H17N3O2. The monoisotopic (exact) mass is 211 g/mol. The molecule has 84 valence electrons. The Hall–Kier alpha value is -0.940. The van der Waals surface area contributed by atoms with E-state index in [1.165, 1.54) is 38.5 Å². The van der Waals surface area contributed by atoms with Gasteiger partial charge in [-0.15, -0.1) is 0 Å². The maximum absolute atomic E-state index is 5.03. The molecule has 5 heteroatoms. The van der Waals surface area contributed by atoms with Gasteiger partial charge in [0.05, 0.1) is 0 Å². The second-order valence-electron chi connectivity index (χ2n) is 4.05. The molecule has 1 saturated carbocycles. The molecule has 0 bridgehead atoms. The quantitative estimate of drug-likeness (QED) is 0.610. The van der Waals surface area contributed by atoms with Crippen LogP contribution < -0.4 is 5.90 Å². The molecule has 0 aromatic carbocycles. The van der Waals surface area contributed by atoms with Crippen molar-refractivity contribution in [2.45, 2.75) is 51.0 Å². The zero-order chi connectivity index (χ0) is 10.5. The van der Waals surface area contributed by atoms with E-state index in [1.54, 1.807) is 0 Å². The molecule has 15 heavy (non-hydrogen) atoms. The normalized spacial score (nSPS) is 19.0. The molecule has 1 aliphatic rings. The Morgan fingerprint density at radius 3 is 2.67 bits per heavy atom. The second-order valence-corrected chi connectivity index (χ2v) is 4.05. The number of nitrogens with zero attached hydrogens (tertiary/aromatic N) is 2. The first-order valence-corrected chi connectivity index (χ1v) is 5.54. The molecule has 1 aromatic rings. The summed E-state index contributed by atoms with van der Waals surface area (Å²) in [6.07, 6.45) is 7.52. The van der Waals surface area contributed by atoms with E-state index in [0.717, 1.165) is 5.82 Å². The summed E-state index contributed by atoms with van der Waals surface area (Å²) < 4.78 is 5.03. The molecule has 0 saturated heterocycles. The lowest BCUT2D eigenvalue weighted by Crippen LogP contribution is -2.01. The first-order valence-electron chi connectivity index (χ1n) is 5.54. The minimum Gasteiger partial charge on any atom is -0.337 e. The lowest BCUT2D eigenvalue weighted by Gasteiger charge is -2.07. The molecule has 1 heterocycles. The van der Waals surface area contributed by atoms with Gasteiger partial charge in [-0.25, -0.2) is 5.90 Å². The minimum atomic E-state index is 0.194. The fourth-order valence-corrected chi connectivity index (χ4v) is 2.10. The molecule has 1 aliphatic carbocycles. The van der Waals surface area contributed by atoms with Crippen LogP contribution in [0, 0.1) is 0 Å². The third-order valence-corrected chi connectivity index (χ3v) is 2.91. The molecular weight excluding hydrogens is 194 g/mol. The topological polar surface area (TPSA) is 74.2 Å². The SMILES string of the molecule is NOCc1nc(C2CCCCCC2)no1. The van der Waals surface area contributed by atoms with Crippen molar-refractivity contribution in [2.24, 2.45) is 5.90 Å². The fraction of sp³-hybridized carbons (Fsp3) is 0.800. The highest BCUT2D eigenvalue weighted by atomic mass is 16.6. The largest absolute Gasteiger partial charge is 0.337 e. The van der Waals surface area contributed by atoms with Gasteiger partial charge in [-0.3, -0.25) is 4.84 Å². The van der Waals surface area contributed by atoms with E-state index in [2.05, 4.69) is 15.0 Å². The number of rotatable bonds is 3. The Labute approximate surface area is 88.9 Å². The third-order valence-electron chi connectivity index (χ3n) is 2.91. The minimum absolute atomic E-state index is 0.194. The lowest BCUT2D eigenvalue weighted by molar-refractivity contribution is 0.0995. The van der Waals surface area contributed by atoms with Crippen molar-refractivity contribution in [3.8, 4) is 0 Å². The van der Waals surface area contributed by atoms with E-state index >= 15 is 0 Å². The molecule has 0 amide bonds. The Morgan fingerprint density at radius 1 is 1.27 bits per heavy atom. The maximum Gasteiger partial charge on any atom is 0.254 e. The van der Waals surface area contributed by atoms with E-state index < -0.39 is 0 Å². The molecule has 0 unspecified atom stereocenters. The fourth-order valence-electron chi connectivity index (χ4n) is 2.10. The van der Waals surface area contributed by atoms with Gasteiger partial charge in [-0.1, -0.05) is 30.8 Å². The summed E-state index contributed by atoms with van der Waals surface area (Å²) in [7, 11) is 0.